The Morgan fingerprint density at radius 3 is 2.26 bits per heavy atom. The number of aromatic amines is 1. The number of unbranched alkanes of at least 4 members (excludes halogenated alkanes) is 1. The predicted molar refractivity (Wildman–Crippen MR) is 65.0 cm³/mol. The zero-order valence-corrected chi connectivity index (χ0v) is 11.1. The van der Waals surface area contributed by atoms with Crippen molar-refractivity contribution < 1.29 is 26.6 Å². The zero-order valence-electron chi connectivity index (χ0n) is 11.1. The van der Waals surface area contributed by atoms with Gasteiger partial charge in [0.1, 0.15) is 12.4 Å². The number of nitrogens with zero attached hydrogens (tertiary/aromatic N) is 1. The summed E-state index contributed by atoms with van der Waals surface area (Å²) in [6.07, 6.45) is 9.44. The molecule has 0 aliphatic heterocycles. The average molecular weight is 282 g/mol. The van der Waals surface area contributed by atoms with E-state index in [1.807, 2.05) is 30.2 Å². The van der Waals surface area contributed by atoms with Gasteiger partial charge in [0, 0.05) is 6.42 Å². The zero-order chi connectivity index (χ0) is 14.9. The van der Waals surface area contributed by atoms with Gasteiger partial charge in [-0.3, -0.25) is 9.78 Å². The van der Waals surface area contributed by atoms with Gasteiger partial charge in [0.2, 0.25) is 6.33 Å². The van der Waals surface area contributed by atoms with Crippen LogP contribution in [0.4, 0.5) is 17.3 Å². The third kappa shape index (κ3) is 9.27. The quantitative estimate of drug-likeness (QED) is 0.485. The molecule has 1 aromatic heterocycles. The Balaban J connectivity index is 0.000000555. The molecule has 0 spiro atoms. The van der Waals surface area contributed by atoms with E-state index in [0.717, 1.165) is 19.3 Å². The summed E-state index contributed by atoms with van der Waals surface area (Å²) in [5.74, 6) is 0.322. The molecule has 0 saturated carbocycles. The van der Waals surface area contributed by atoms with Crippen LogP contribution in [0.2, 0.25) is 0 Å². The third-order valence-electron chi connectivity index (χ3n) is 2.48. The molecule has 19 heavy (non-hydrogen) atoms. The molecule has 1 heterocycles. The Hall–Kier alpha value is -1.34. The van der Waals surface area contributed by atoms with E-state index >= 15 is 0 Å². The van der Waals surface area contributed by atoms with E-state index < -0.39 is 7.25 Å². The summed E-state index contributed by atoms with van der Waals surface area (Å²) in [4.78, 5) is 14.7. The smallest absolute Gasteiger partial charge is 0.418 e. The van der Waals surface area contributed by atoms with Gasteiger partial charge in [-0.15, -0.1) is 0 Å². The van der Waals surface area contributed by atoms with Gasteiger partial charge in [-0.25, -0.2) is 4.57 Å². The van der Waals surface area contributed by atoms with Crippen LogP contribution in [-0.4, -0.2) is 18.0 Å². The molecular formula is C11H19BF4N2O. The van der Waals surface area contributed by atoms with Crippen molar-refractivity contribution >= 4 is 13.0 Å². The summed E-state index contributed by atoms with van der Waals surface area (Å²) in [5.41, 5.74) is 0. The predicted octanol–water partition coefficient (Wildman–Crippen LogP) is 3.31. The van der Waals surface area contributed by atoms with E-state index in [4.69, 9.17) is 0 Å². The topological polar surface area (TPSA) is 36.7 Å². The molecule has 0 fully saturated rings. The summed E-state index contributed by atoms with van der Waals surface area (Å²) in [6.45, 7) is 4.07. The van der Waals surface area contributed by atoms with Gasteiger partial charge in [-0.05, 0) is 12.8 Å². The van der Waals surface area contributed by atoms with Crippen LogP contribution in [-0.2, 0) is 4.79 Å². The molecule has 0 amide bonds. The molecule has 1 aromatic rings. The summed E-state index contributed by atoms with van der Waals surface area (Å²) in [6, 6.07) is 0.0335. The molecule has 0 saturated heterocycles. The molecule has 0 aliphatic rings. The fourth-order valence-electron chi connectivity index (χ4n) is 1.60. The van der Waals surface area contributed by atoms with Gasteiger partial charge in [0.25, 0.3) is 0 Å². The average Bonchev–Trinajstić information content (AvgIpc) is 2.80. The molecule has 1 rings (SSSR count). The first-order valence-electron chi connectivity index (χ1n) is 6.23. The van der Waals surface area contributed by atoms with Crippen LogP contribution in [0.15, 0.2) is 18.7 Å². The Morgan fingerprint density at radius 1 is 1.32 bits per heavy atom. The van der Waals surface area contributed by atoms with Crippen LogP contribution in [0.25, 0.3) is 0 Å². The first kappa shape index (κ1) is 17.7. The van der Waals surface area contributed by atoms with Gasteiger partial charge < -0.3 is 17.3 Å². The van der Waals surface area contributed by atoms with E-state index in [1.54, 1.807) is 0 Å². The van der Waals surface area contributed by atoms with Crippen LogP contribution in [0.5, 0.6) is 0 Å². The number of Topliss-reactive ketones (excluding diaryl/α,β-unsaturated/α-hetero) is 1. The van der Waals surface area contributed by atoms with Crippen molar-refractivity contribution in [1.29, 1.82) is 0 Å². The fourth-order valence-corrected chi connectivity index (χ4v) is 1.60. The van der Waals surface area contributed by atoms with Crippen molar-refractivity contribution in [2.75, 3.05) is 0 Å². The molecule has 1 atom stereocenters. The Bertz CT molecular complexity index is 348. The molecule has 0 aromatic carbocycles. The highest BCUT2D eigenvalue weighted by Crippen LogP contribution is 2.11. The van der Waals surface area contributed by atoms with Crippen molar-refractivity contribution in [2.45, 2.75) is 45.6 Å². The van der Waals surface area contributed by atoms with Gasteiger partial charge in [0.05, 0.1) is 0 Å². The summed E-state index contributed by atoms with van der Waals surface area (Å²) in [5, 5.41) is 0. The number of aromatic nitrogens is 2. The van der Waals surface area contributed by atoms with Crippen molar-refractivity contribution in [3.63, 3.8) is 0 Å². The Kier molecular flexibility index (Phi) is 8.10. The van der Waals surface area contributed by atoms with E-state index in [-0.39, 0.29) is 6.04 Å². The minimum Gasteiger partial charge on any atom is -0.418 e. The fraction of sp³-hybridized carbons (Fsp3) is 0.636. The second-order valence-corrected chi connectivity index (χ2v) is 4.03. The SMILES string of the molecule is CCCCC(C(=O)CC)[n+]1cc[nH]c1.F[B-](F)(F)F. The van der Waals surface area contributed by atoms with E-state index in [1.165, 1.54) is 0 Å². The number of nitrogens with one attached hydrogen (secondary N) is 1. The number of hydrogen-bond donors (Lipinski definition) is 1. The van der Waals surface area contributed by atoms with Crippen LogP contribution in [0, 0.1) is 0 Å². The normalized spacial score (nSPS) is 12.5. The molecule has 0 radical (unpaired) electrons. The maximum atomic E-state index is 11.7. The molecular weight excluding hydrogens is 263 g/mol. The summed E-state index contributed by atoms with van der Waals surface area (Å²) < 4.78 is 41.0. The maximum absolute atomic E-state index is 11.7. The number of halogens is 4. The summed E-state index contributed by atoms with van der Waals surface area (Å²) in [7, 11) is -6.00. The van der Waals surface area contributed by atoms with E-state index in [0.29, 0.717) is 12.2 Å². The number of H-pyrrole nitrogens is 1. The highest BCUT2D eigenvalue weighted by Gasteiger charge is 2.21. The van der Waals surface area contributed by atoms with Crippen LogP contribution in [0.3, 0.4) is 0 Å². The molecule has 110 valence electrons. The maximum Gasteiger partial charge on any atom is 0.673 e. The number of carbonyl (C=O) groups is 1. The van der Waals surface area contributed by atoms with Crippen molar-refractivity contribution in [3.05, 3.63) is 18.7 Å². The van der Waals surface area contributed by atoms with Gasteiger partial charge >= 0.3 is 7.25 Å². The van der Waals surface area contributed by atoms with Gasteiger partial charge in [-0.1, -0.05) is 20.3 Å². The number of rotatable bonds is 6. The molecule has 1 N–H and O–H groups in total. The minimum absolute atomic E-state index is 0.0335. The van der Waals surface area contributed by atoms with Crippen LogP contribution < -0.4 is 4.57 Å². The van der Waals surface area contributed by atoms with Gasteiger partial charge in [0.15, 0.2) is 11.8 Å². The molecule has 3 nitrogen and oxygen atoms in total. The number of hydrogen-bond acceptors (Lipinski definition) is 1. The van der Waals surface area contributed by atoms with Crippen LogP contribution in [0.1, 0.15) is 45.6 Å². The Morgan fingerprint density at radius 2 is 1.89 bits per heavy atom. The van der Waals surface area contributed by atoms with Crippen molar-refractivity contribution in [3.8, 4) is 0 Å². The highest BCUT2D eigenvalue weighted by atomic mass is 19.5. The minimum atomic E-state index is -6.00. The summed E-state index contributed by atoms with van der Waals surface area (Å²) >= 11 is 0. The second-order valence-electron chi connectivity index (χ2n) is 4.03. The standard InChI is InChI=1S/C11H18N2O.BF4/c1-3-5-6-10(11(14)4-2)13-8-7-12-9-13;2-1(3,4)5/h7-10H,3-6H2,1-2H3;/q;-1/p+1. The lowest BCUT2D eigenvalue weighted by Gasteiger charge is -2.10. The second kappa shape index (κ2) is 8.71. The van der Waals surface area contributed by atoms with Crippen LogP contribution >= 0.6 is 0 Å². The lowest BCUT2D eigenvalue weighted by atomic mass is 10.0. The van der Waals surface area contributed by atoms with Crippen molar-refractivity contribution in [1.82, 2.24) is 4.98 Å². The van der Waals surface area contributed by atoms with Crippen molar-refractivity contribution in [2.24, 2.45) is 0 Å². The van der Waals surface area contributed by atoms with E-state index in [2.05, 4.69) is 11.9 Å². The number of ketones is 1. The molecule has 1 unspecified atom stereocenters. The number of imidazole rings is 1. The lowest BCUT2D eigenvalue weighted by Crippen LogP contribution is -2.41. The lowest BCUT2D eigenvalue weighted by molar-refractivity contribution is -0.708. The molecule has 0 bridgehead atoms. The largest absolute Gasteiger partial charge is 0.673 e. The first-order valence-corrected chi connectivity index (χ1v) is 6.23. The molecule has 0 aliphatic carbocycles. The monoisotopic (exact) mass is 282 g/mol. The Labute approximate surface area is 110 Å². The highest BCUT2D eigenvalue weighted by molar-refractivity contribution is 6.50. The molecule has 8 heteroatoms. The van der Waals surface area contributed by atoms with E-state index in [9.17, 15) is 22.1 Å². The third-order valence-corrected chi connectivity index (χ3v) is 2.48. The number of carbonyl (C=O) groups excluding carboxylic acids is 1. The van der Waals surface area contributed by atoms with Gasteiger partial charge in [-0.2, -0.15) is 0 Å². The first-order chi connectivity index (χ1) is 8.79.